The third-order valence-corrected chi connectivity index (χ3v) is 3.81. The third kappa shape index (κ3) is 3.66. The number of aromatic nitrogens is 1. The fourth-order valence-electron chi connectivity index (χ4n) is 2.42. The molecule has 1 aromatic heterocycles. The lowest BCUT2D eigenvalue weighted by molar-refractivity contribution is 0.320. The Labute approximate surface area is 115 Å². The van der Waals surface area contributed by atoms with E-state index in [1.165, 1.54) is 19.3 Å². The van der Waals surface area contributed by atoms with E-state index in [4.69, 9.17) is 0 Å². The molecule has 0 aliphatic heterocycles. The molecule has 1 fully saturated rings. The molecule has 0 unspecified atom stereocenters. The van der Waals surface area contributed by atoms with Crippen LogP contribution in [0.4, 0.5) is 10.2 Å². The molecule has 0 spiro atoms. The Morgan fingerprint density at radius 1 is 1.47 bits per heavy atom. The number of rotatable bonds is 7. The van der Waals surface area contributed by atoms with Gasteiger partial charge in [-0.15, -0.1) is 0 Å². The Kier molecular flexibility index (Phi) is 5.14. The van der Waals surface area contributed by atoms with Crippen LogP contribution in [0.5, 0.6) is 0 Å². The largest absolute Gasteiger partial charge is 0.357 e. The summed E-state index contributed by atoms with van der Waals surface area (Å²) in [6, 6.07) is 1.76. The number of anilines is 1. The predicted octanol–water partition coefficient (Wildman–Crippen LogP) is 2.96. The first-order chi connectivity index (χ1) is 9.22. The van der Waals surface area contributed by atoms with Crippen LogP contribution in [-0.4, -0.2) is 25.1 Å². The number of pyridine rings is 1. The van der Waals surface area contributed by atoms with E-state index in [1.54, 1.807) is 12.3 Å². The minimum absolute atomic E-state index is 0.173. The van der Waals surface area contributed by atoms with Gasteiger partial charge in [-0.05, 0) is 37.8 Å². The van der Waals surface area contributed by atoms with Crippen molar-refractivity contribution >= 4 is 5.82 Å². The van der Waals surface area contributed by atoms with Crippen molar-refractivity contribution in [2.75, 3.05) is 25.0 Å². The maximum Gasteiger partial charge on any atom is 0.170 e. The normalized spacial score (nSPS) is 15.3. The summed E-state index contributed by atoms with van der Waals surface area (Å²) >= 11 is 0. The summed E-state index contributed by atoms with van der Waals surface area (Å²) in [6.07, 6.45) is 6.61. The third-order valence-electron chi connectivity index (χ3n) is 3.81. The molecular weight excluding hydrogens is 241 g/mol. The molecule has 1 aliphatic rings. The van der Waals surface area contributed by atoms with Crippen LogP contribution in [0, 0.1) is 11.7 Å². The van der Waals surface area contributed by atoms with Crippen molar-refractivity contribution in [2.24, 2.45) is 5.92 Å². The number of nitrogens with zero attached hydrogens (tertiary/aromatic N) is 2. The molecule has 0 saturated heterocycles. The lowest BCUT2D eigenvalue weighted by atomic mass is 9.85. The Bertz CT molecular complexity index is 404. The van der Waals surface area contributed by atoms with Gasteiger partial charge in [0.1, 0.15) is 0 Å². The van der Waals surface area contributed by atoms with Gasteiger partial charge in [0.15, 0.2) is 11.6 Å². The molecule has 0 aromatic carbocycles. The molecule has 0 amide bonds. The van der Waals surface area contributed by atoms with Crippen LogP contribution in [-0.2, 0) is 6.54 Å². The van der Waals surface area contributed by atoms with Crippen LogP contribution in [0.15, 0.2) is 12.3 Å². The first-order valence-electron chi connectivity index (χ1n) is 7.27. The molecule has 0 radical (unpaired) electrons. The number of hydrogen-bond donors (Lipinski definition) is 1. The summed E-state index contributed by atoms with van der Waals surface area (Å²) in [4.78, 5) is 6.16. The summed E-state index contributed by atoms with van der Waals surface area (Å²) in [6.45, 7) is 4.50. The topological polar surface area (TPSA) is 28.2 Å². The number of nitrogens with one attached hydrogen (secondary N) is 1. The van der Waals surface area contributed by atoms with Crippen LogP contribution < -0.4 is 10.2 Å². The van der Waals surface area contributed by atoms with Gasteiger partial charge in [0.25, 0.3) is 0 Å². The van der Waals surface area contributed by atoms with Gasteiger partial charge < -0.3 is 10.2 Å². The van der Waals surface area contributed by atoms with Crippen LogP contribution in [0.3, 0.4) is 0 Å². The maximum absolute atomic E-state index is 14.4. The molecule has 1 aromatic rings. The zero-order chi connectivity index (χ0) is 13.7. The predicted molar refractivity (Wildman–Crippen MR) is 76.8 cm³/mol. The zero-order valence-electron chi connectivity index (χ0n) is 12.0. The van der Waals surface area contributed by atoms with E-state index < -0.39 is 0 Å². The van der Waals surface area contributed by atoms with Crippen molar-refractivity contribution in [2.45, 2.75) is 39.2 Å². The summed E-state index contributed by atoms with van der Waals surface area (Å²) in [7, 11) is 1.94. The molecule has 0 bridgehead atoms. The molecule has 1 heterocycles. The molecule has 106 valence electrons. The molecule has 2 rings (SSSR count). The maximum atomic E-state index is 14.4. The van der Waals surface area contributed by atoms with Gasteiger partial charge in [0.05, 0.1) is 0 Å². The van der Waals surface area contributed by atoms with Gasteiger partial charge in [-0.3, -0.25) is 0 Å². The van der Waals surface area contributed by atoms with Crippen molar-refractivity contribution in [1.29, 1.82) is 0 Å². The van der Waals surface area contributed by atoms with Crippen LogP contribution >= 0.6 is 0 Å². The Morgan fingerprint density at radius 2 is 2.26 bits per heavy atom. The molecule has 1 N–H and O–H groups in total. The standard InChI is InChI=1S/C15H24FN3/c1-3-8-17-10-13-7-9-18-15(14(13)16)19(2)11-12-5-4-6-12/h7,9,12,17H,3-6,8,10-11H2,1-2H3. The van der Waals surface area contributed by atoms with Gasteiger partial charge in [-0.2, -0.15) is 0 Å². The van der Waals surface area contributed by atoms with E-state index in [0.717, 1.165) is 19.5 Å². The lowest BCUT2D eigenvalue weighted by Crippen LogP contribution is -2.30. The van der Waals surface area contributed by atoms with Crippen molar-refractivity contribution in [3.05, 3.63) is 23.6 Å². The Hall–Kier alpha value is -1.16. The summed E-state index contributed by atoms with van der Waals surface area (Å²) < 4.78 is 14.4. The highest BCUT2D eigenvalue weighted by Gasteiger charge is 2.21. The zero-order valence-corrected chi connectivity index (χ0v) is 12.0. The van der Waals surface area contributed by atoms with E-state index in [1.807, 2.05) is 11.9 Å². The summed E-state index contributed by atoms with van der Waals surface area (Å²) in [5.41, 5.74) is 0.707. The fourth-order valence-corrected chi connectivity index (χ4v) is 2.42. The highest BCUT2D eigenvalue weighted by atomic mass is 19.1. The minimum atomic E-state index is -0.173. The Morgan fingerprint density at radius 3 is 2.89 bits per heavy atom. The summed E-state index contributed by atoms with van der Waals surface area (Å²) in [5.74, 6) is 1.03. The van der Waals surface area contributed by atoms with Gasteiger partial charge in [-0.1, -0.05) is 13.3 Å². The lowest BCUT2D eigenvalue weighted by Gasteiger charge is -2.31. The second-order valence-corrected chi connectivity index (χ2v) is 5.46. The second-order valence-electron chi connectivity index (χ2n) is 5.46. The highest BCUT2D eigenvalue weighted by Crippen LogP contribution is 2.28. The first kappa shape index (κ1) is 14.3. The van der Waals surface area contributed by atoms with E-state index in [-0.39, 0.29) is 5.82 Å². The van der Waals surface area contributed by atoms with Crippen molar-refractivity contribution < 1.29 is 4.39 Å². The molecular formula is C15H24FN3. The monoisotopic (exact) mass is 265 g/mol. The molecule has 3 nitrogen and oxygen atoms in total. The molecule has 1 aliphatic carbocycles. The molecule has 19 heavy (non-hydrogen) atoms. The average Bonchev–Trinajstić information content (AvgIpc) is 2.36. The number of hydrogen-bond acceptors (Lipinski definition) is 3. The SMILES string of the molecule is CCCNCc1ccnc(N(C)CC2CCC2)c1F. The molecule has 4 heteroatoms. The van der Waals surface area contributed by atoms with Gasteiger partial charge in [0, 0.05) is 31.9 Å². The van der Waals surface area contributed by atoms with Gasteiger partial charge in [-0.25, -0.2) is 9.37 Å². The van der Waals surface area contributed by atoms with E-state index in [0.29, 0.717) is 23.8 Å². The molecule has 1 saturated carbocycles. The molecule has 0 atom stereocenters. The number of halogens is 1. The minimum Gasteiger partial charge on any atom is -0.357 e. The van der Waals surface area contributed by atoms with Gasteiger partial charge >= 0.3 is 0 Å². The van der Waals surface area contributed by atoms with Crippen LogP contribution in [0.2, 0.25) is 0 Å². The second kappa shape index (κ2) is 6.85. The fraction of sp³-hybridized carbons (Fsp3) is 0.667. The van der Waals surface area contributed by atoms with Crippen LogP contribution in [0.25, 0.3) is 0 Å². The first-order valence-corrected chi connectivity index (χ1v) is 7.27. The van der Waals surface area contributed by atoms with Crippen molar-refractivity contribution in [3.8, 4) is 0 Å². The van der Waals surface area contributed by atoms with Crippen molar-refractivity contribution in [3.63, 3.8) is 0 Å². The van der Waals surface area contributed by atoms with Crippen LogP contribution in [0.1, 0.15) is 38.2 Å². The smallest absolute Gasteiger partial charge is 0.170 e. The van der Waals surface area contributed by atoms with E-state index in [9.17, 15) is 4.39 Å². The quantitative estimate of drug-likeness (QED) is 0.768. The summed E-state index contributed by atoms with van der Waals surface area (Å²) in [5, 5.41) is 3.24. The highest BCUT2D eigenvalue weighted by molar-refractivity contribution is 5.42. The van der Waals surface area contributed by atoms with Crippen molar-refractivity contribution in [1.82, 2.24) is 10.3 Å². The van der Waals surface area contributed by atoms with E-state index >= 15 is 0 Å². The van der Waals surface area contributed by atoms with Gasteiger partial charge in [0.2, 0.25) is 0 Å². The Balaban J connectivity index is 2.00. The van der Waals surface area contributed by atoms with E-state index in [2.05, 4.69) is 17.2 Å². The average molecular weight is 265 g/mol.